The molecule has 0 radical (unpaired) electrons. The first-order valence-electron chi connectivity index (χ1n) is 8.38. The molecule has 1 aliphatic heterocycles. The Bertz CT molecular complexity index is 646. The topological polar surface area (TPSA) is 71.1 Å². The van der Waals surface area contributed by atoms with Crippen LogP contribution in [0.15, 0.2) is 24.3 Å². The average Bonchev–Trinajstić information content (AvgIpc) is 2.62. The molecule has 0 aliphatic carbocycles. The molecule has 1 atom stereocenters. The molecule has 1 N–H and O–H groups in total. The lowest BCUT2D eigenvalue weighted by Crippen LogP contribution is -2.48. The second-order valence-electron chi connectivity index (χ2n) is 6.15. The quantitative estimate of drug-likeness (QED) is 0.802. The van der Waals surface area contributed by atoms with Crippen molar-refractivity contribution >= 4 is 17.5 Å². The highest BCUT2D eigenvalue weighted by Gasteiger charge is 2.31. The SMILES string of the molecule is C[C@H](C(=O)Nc1ccc(OC(F)(F)F)cc1)N(C)CC(=O)N1CCOCC1. The van der Waals surface area contributed by atoms with E-state index in [4.69, 9.17) is 4.74 Å². The number of nitrogens with one attached hydrogen (secondary N) is 1. The number of halogens is 3. The van der Waals surface area contributed by atoms with E-state index in [1.54, 1.807) is 23.8 Å². The van der Waals surface area contributed by atoms with Crippen molar-refractivity contribution in [2.24, 2.45) is 0 Å². The van der Waals surface area contributed by atoms with Crippen molar-refractivity contribution in [2.45, 2.75) is 19.3 Å². The summed E-state index contributed by atoms with van der Waals surface area (Å²) in [5, 5.41) is 2.60. The van der Waals surface area contributed by atoms with Gasteiger partial charge >= 0.3 is 6.36 Å². The van der Waals surface area contributed by atoms with Crippen molar-refractivity contribution in [1.82, 2.24) is 9.80 Å². The Morgan fingerprint density at radius 1 is 1.26 bits per heavy atom. The minimum Gasteiger partial charge on any atom is -0.406 e. The fourth-order valence-corrected chi connectivity index (χ4v) is 2.45. The zero-order valence-electron chi connectivity index (χ0n) is 15.1. The van der Waals surface area contributed by atoms with Crippen LogP contribution >= 0.6 is 0 Å². The number of carbonyl (C=O) groups is 2. The Hall–Kier alpha value is -2.33. The molecule has 7 nitrogen and oxygen atoms in total. The van der Waals surface area contributed by atoms with Crippen molar-refractivity contribution in [1.29, 1.82) is 0 Å². The second kappa shape index (κ2) is 9.05. The third-order valence-corrected chi connectivity index (χ3v) is 4.14. The van der Waals surface area contributed by atoms with E-state index in [9.17, 15) is 22.8 Å². The number of alkyl halides is 3. The molecule has 1 aliphatic rings. The van der Waals surface area contributed by atoms with Gasteiger partial charge in [-0.25, -0.2) is 0 Å². The summed E-state index contributed by atoms with van der Waals surface area (Å²) in [6.07, 6.45) is -4.77. The first kappa shape index (κ1) is 21.0. The third kappa shape index (κ3) is 6.72. The number of rotatable bonds is 6. The van der Waals surface area contributed by atoms with Crippen molar-refractivity contribution in [3.63, 3.8) is 0 Å². The van der Waals surface area contributed by atoms with Crippen molar-refractivity contribution < 1.29 is 32.2 Å². The van der Waals surface area contributed by atoms with Gasteiger partial charge in [-0.05, 0) is 38.2 Å². The molecule has 2 amide bonds. The molecule has 0 bridgehead atoms. The fourth-order valence-electron chi connectivity index (χ4n) is 2.45. The normalized spacial score (nSPS) is 16.1. The zero-order valence-corrected chi connectivity index (χ0v) is 15.1. The predicted octanol–water partition coefficient (Wildman–Crippen LogP) is 1.70. The summed E-state index contributed by atoms with van der Waals surface area (Å²) < 4.78 is 45.4. The number of hydrogen-bond donors (Lipinski definition) is 1. The maximum Gasteiger partial charge on any atom is 0.573 e. The molecule has 1 aromatic rings. The third-order valence-electron chi connectivity index (χ3n) is 4.14. The van der Waals surface area contributed by atoms with Crippen LogP contribution in [0.3, 0.4) is 0 Å². The van der Waals surface area contributed by atoms with Crippen LogP contribution in [0.1, 0.15) is 6.92 Å². The smallest absolute Gasteiger partial charge is 0.406 e. The van der Waals surface area contributed by atoms with E-state index in [0.29, 0.717) is 32.0 Å². The molecular weight excluding hydrogens is 367 g/mol. The van der Waals surface area contributed by atoms with Crippen LogP contribution < -0.4 is 10.1 Å². The van der Waals surface area contributed by atoms with E-state index in [1.165, 1.54) is 12.1 Å². The van der Waals surface area contributed by atoms with Gasteiger partial charge in [-0.3, -0.25) is 14.5 Å². The molecule has 27 heavy (non-hydrogen) atoms. The molecule has 2 rings (SSSR count). The highest BCUT2D eigenvalue weighted by molar-refractivity contribution is 5.95. The molecule has 1 saturated heterocycles. The van der Waals surface area contributed by atoms with E-state index in [2.05, 4.69) is 10.1 Å². The molecule has 0 spiro atoms. The monoisotopic (exact) mass is 389 g/mol. The average molecular weight is 389 g/mol. The number of amides is 2. The van der Waals surface area contributed by atoms with Crippen LogP contribution in [0.5, 0.6) is 5.75 Å². The van der Waals surface area contributed by atoms with Crippen molar-refractivity contribution in [3.8, 4) is 5.75 Å². The van der Waals surface area contributed by atoms with Gasteiger partial charge < -0.3 is 19.7 Å². The summed E-state index contributed by atoms with van der Waals surface area (Å²) in [5.41, 5.74) is 0.328. The highest BCUT2D eigenvalue weighted by Crippen LogP contribution is 2.24. The molecule has 10 heteroatoms. The molecule has 1 aromatic carbocycles. The van der Waals surface area contributed by atoms with E-state index < -0.39 is 12.4 Å². The van der Waals surface area contributed by atoms with Crippen LogP contribution in [-0.2, 0) is 14.3 Å². The van der Waals surface area contributed by atoms with Gasteiger partial charge in [-0.1, -0.05) is 0 Å². The summed E-state index contributed by atoms with van der Waals surface area (Å²) in [6, 6.07) is 4.23. The molecule has 0 saturated carbocycles. The van der Waals surface area contributed by atoms with Crippen molar-refractivity contribution in [2.75, 3.05) is 45.2 Å². The van der Waals surface area contributed by atoms with Crippen LogP contribution in [0.4, 0.5) is 18.9 Å². The molecule has 0 unspecified atom stereocenters. The van der Waals surface area contributed by atoms with Gasteiger partial charge in [0.1, 0.15) is 5.75 Å². The highest BCUT2D eigenvalue weighted by atomic mass is 19.4. The summed E-state index contributed by atoms with van der Waals surface area (Å²) in [6.45, 7) is 3.77. The van der Waals surface area contributed by atoms with Gasteiger partial charge in [-0.15, -0.1) is 13.2 Å². The first-order chi connectivity index (χ1) is 12.7. The summed E-state index contributed by atoms with van der Waals surface area (Å²) in [4.78, 5) is 27.8. The second-order valence-corrected chi connectivity index (χ2v) is 6.15. The van der Waals surface area contributed by atoms with E-state index in [1.807, 2.05) is 0 Å². The van der Waals surface area contributed by atoms with Gasteiger partial charge in [0, 0.05) is 18.8 Å². The lowest BCUT2D eigenvalue weighted by Gasteiger charge is -2.30. The Morgan fingerprint density at radius 2 is 1.85 bits per heavy atom. The largest absolute Gasteiger partial charge is 0.573 e. The van der Waals surface area contributed by atoms with Gasteiger partial charge in [-0.2, -0.15) is 0 Å². The van der Waals surface area contributed by atoms with E-state index in [0.717, 1.165) is 12.1 Å². The number of anilines is 1. The standard InChI is InChI=1S/C17H22F3N3O4/c1-12(22(2)11-15(24)23-7-9-26-10-8-23)16(25)21-13-3-5-14(6-4-13)27-17(18,19)20/h3-6,12H,7-11H2,1-2H3,(H,21,25)/t12-/m1/s1. The fraction of sp³-hybridized carbons (Fsp3) is 0.529. The number of benzene rings is 1. The Balaban J connectivity index is 1.85. The molecule has 1 fully saturated rings. The van der Waals surface area contributed by atoms with Crippen molar-refractivity contribution in [3.05, 3.63) is 24.3 Å². The van der Waals surface area contributed by atoms with E-state index >= 15 is 0 Å². The lowest BCUT2D eigenvalue weighted by atomic mass is 10.2. The van der Waals surface area contributed by atoms with Crippen LogP contribution in [0.25, 0.3) is 0 Å². The zero-order chi connectivity index (χ0) is 20.0. The first-order valence-corrected chi connectivity index (χ1v) is 8.38. The Labute approximate surface area is 155 Å². The minimum absolute atomic E-state index is 0.0763. The number of nitrogens with zero attached hydrogens (tertiary/aromatic N) is 2. The van der Waals surface area contributed by atoms with E-state index in [-0.39, 0.29) is 24.1 Å². The van der Waals surface area contributed by atoms with Crippen LogP contribution in [0.2, 0.25) is 0 Å². The van der Waals surface area contributed by atoms with Crippen LogP contribution in [-0.4, -0.2) is 73.9 Å². The Kier molecular flexibility index (Phi) is 7.03. The summed E-state index contributed by atoms with van der Waals surface area (Å²) in [5.74, 6) is -0.840. The molecule has 150 valence electrons. The lowest BCUT2D eigenvalue weighted by molar-refractivity contribution is -0.274. The maximum atomic E-state index is 12.3. The van der Waals surface area contributed by atoms with Gasteiger partial charge in [0.25, 0.3) is 0 Å². The number of carbonyl (C=O) groups excluding carboxylic acids is 2. The maximum absolute atomic E-state index is 12.3. The van der Waals surface area contributed by atoms with Gasteiger partial charge in [0.05, 0.1) is 25.8 Å². The molecule has 1 heterocycles. The predicted molar refractivity (Wildman–Crippen MR) is 91.2 cm³/mol. The summed E-state index contributed by atoms with van der Waals surface area (Å²) >= 11 is 0. The Morgan fingerprint density at radius 3 is 2.41 bits per heavy atom. The number of hydrogen-bond acceptors (Lipinski definition) is 5. The summed E-state index contributed by atoms with van der Waals surface area (Å²) in [7, 11) is 1.66. The van der Waals surface area contributed by atoms with Gasteiger partial charge in [0.15, 0.2) is 0 Å². The van der Waals surface area contributed by atoms with Gasteiger partial charge in [0.2, 0.25) is 11.8 Å². The number of morpholine rings is 1. The minimum atomic E-state index is -4.77. The molecular formula is C17H22F3N3O4. The number of likely N-dealkylation sites (N-methyl/N-ethyl adjacent to an activating group) is 1. The van der Waals surface area contributed by atoms with Crippen LogP contribution in [0, 0.1) is 0 Å². The molecule has 0 aromatic heterocycles. The number of ether oxygens (including phenoxy) is 2.